The Kier molecular flexibility index (Phi) is 5.84. The maximum Gasteiger partial charge on any atom is 0.0538 e. The Morgan fingerprint density at radius 2 is 1.67 bits per heavy atom. The van der Waals surface area contributed by atoms with Crippen LogP contribution in [0.25, 0.3) is 0 Å². The van der Waals surface area contributed by atoms with Crippen molar-refractivity contribution in [3.05, 3.63) is 83.4 Å². The molecule has 2 N–H and O–H groups in total. The molecule has 0 aromatic heterocycles. The number of rotatable bonds is 7. The quantitative estimate of drug-likeness (QED) is 0.777. The third kappa shape index (κ3) is 4.56. The zero-order chi connectivity index (χ0) is 16.7. The molecule has 2 nitrogen and oxygen atoms in total. The predicted molar refractivity (Wildman–Crippen MR) is 99.9 cm³/mol. The highest BCUT2D eigenvalue weighted by atomic mass is 16.5. The zero-order valence-electron chi connectivity index (χ0n) is 14.3. The van der Waals surface area contributed by atoms with Crippen molar-refractivity contribution in [2.75, 3.05) is 19.8 Å². The molecule has 1 unspecified atom stereocenters. The Hall–Kier alpha value is -1.90. The molecule has 1 heterocycles. The minimum absolute atomic E-state index is 0.122. The van der Waals surface area contributed by atoms with Gasteiger partial charge in [0, 0.05) is 18.6 Å². The summed E-state index contributed by atoms with van der Waals surface area (Å²) in [5.74, 6) is 0. The smallest absolute Gasteiger partial charge is 0.0538 e. The second kappa shape index (κ2) is 8.27. The summed E-state index contributed by atoms with van der Waals surface area (Å²) in [6, 6.07) is 21.4. The van der Waals surface area contributed by atoms with Gasteiger partial charge in [-0.05, 0) is 36.8 Å². The Balaban J connectivity index is 1.77. The average Bonchev–Trinajstić information content (AvgIpc) is 3.10. The van der Waals surface area contributed by atoms with E-state index in [2.05, 4.69) is 66.7 Å². The average molecular weight is 321 g/mol. The van der Waals surface area contributed by atoms with Gasteiger partial charge in [-0.25, -0.2) is 0 Å². The molecule has 2 aromatic rings. The summed E-state index contributed by atoms with van der Waals surface area (Å²) in [5, 5.41) is 0. The Morgan fingerprint density at radius 1 is 1.00 bits per heavy atom. The largest absolute Gasteiger partial charge is 0.381 e. The second-order valence-corrected chi connectivity index (χ2v) is 6.90. The molecule has 0 radical (unpaired) electrons. The zero-order valence-corrected chi connectivity index (χ0v) is 14.3. The lowest BCUT2D eigenvalue weighted by Crippen LogP contribution is -2.31. The van der Waals surface area contributed by atoms with Gasteiger partial charge in [-0.1, -0.05) is 72.3 Å². The molecule has 126 valence electrons. The van der Waals surface area contributed by atoms with Gasteiger partial charge in [-0.3, -0.25) is 0 Å². The van der Waals surface area contributed by atoms with Gasteiger partial charge in [-0.15, -0.1) is 0 Å². The van der Waals surface area contributed by atoms with Gasteiger partial charge < -0.3 is 10.5 Å². The van der Waals surface area contributed by atoms with E-state index >= 15 is 0 Å². The maximum absolute atomic E-state index is 6.11. The van der Waals surface area contributed by atoms with Crippen LogP contribution in [0.4, 0.5) is 0 Å². The predicted octanol–water partition coefficient (Wildman–Crippen LogP) is 4.15. The number of nitrogens with two attached hydrogens (primary N) is 1. The van der Waals surface area contributed by atoms with Crippen LogP contribution in [-0.4, -0.2) is 19.8 Å². The van der Waals surface area contributed by atoms with Crippen molar-refractivity contribution in [1.82, 2.24) is 0 Å². The molecule has 2 heteroatoms. The first-order valence-corrected chi connectivity index (χ1v) is 8.83. The fourth-order valence-corrected chi connectivity index (χ4v) is 3.44. The van der Waals surface area contributed by atoms with Gasteiger partial charge >= 0.3 is 0 Å². The second-order valence-electron chi connectivity index (χ2n) is 6.90. The Labute approximate surface area is 145 Å². The molecule has 1 atom stereocenters. The molecule has 0 saturated carbocycles. The van der Waals surface area contributed by atoms with E-state index in [1.165, 1.54) is 16.7 Å². The van der Waals surface area contributed by atoms with Crippen LogP contribution in [0.15, 0.2) is 72.3 Å². The molecule has 2 aromatic carbocycles. The van der Waals surface area contributed by atoms with E-state index in [4.69, 9.17) is 10.5 Å². The van der Waals surface area contributed by atoms with Crippen LogP contribution in [0.1, 0.15) is 24.0 Å². The van der Waals surface area contributed by atoms with E-state index in [1.54, 1.807) is 0 Å². The molecule has 3 rings (SSSR count). The van der Waals surface area contributed by atoms with E-state index in [-0.39, 0.29) is 5.41 Å². The molecule has 0 aliphatic carbocycles. The van der Waals surface area contributed by atoms with Crippen LogP contribution in [0.3, 0.4) is 0 Å². The van der Waals surface area contributed by atoms with E-state index in [0.717, 1.165) is 38.9 Å². The molecule has 0 bridgehead atoms. The monoisotopic (exact) mass is 321 g/mol. The lowest BCUT2D eigenvalue weighted by Gasteiger charge is -2.27. The van der Waals surface area contributed by atoms with E-state index in [9.17, 15) is 0 Å². The lowest BCUT2D eigenvalue weighted by atomic mass is 9.79. The maximum atomic E-state index is 6.11. The van der Waals surface area contributed by atoms with Gasteiger partial charge in [0.05, 0.1) is 6.61 Å². The van der Waals surface area contributed by atoms with Crippen molar-refractivity contribution in [2.24, 2.45) is 11.1 Å². The van der Waals surface area contributed by atoms with Crippen molar-refractivity contribution >= 4 is 0 Å². The Bertz CT molecular complexity index is 642. The van der Waals surface area contributed by atoms with Crippen LogP contribution in [0, 0.1) is 5.41 Å². The molecule has 0 spiro atoms. The highest BCUT2D eigenvalue weighted by Gasteiger charge is 2.34. The number of hydrogen-bond acceptors (Lipinski definition) is 2. The molecule has 1 aliphatic rings. The molecule has 24 heavy (non-hydrogen) atoms. The molecule has 1 saturated heterocycles. The molecule has 0 amide bonds. The van der Waals surface area contributed by atoms with Crippen molar-refractivity contribution in [1.29, 1.82) is 0 Å². The highest BCUT2D eigenvalue weighted by Crippen LogP contribution is 2.35. The molecular formula is C22H27NO. The summed E-state index contributed by atoms with van der Waals surface area (Å²) >= 11 is 0. The summed E-state index contributed by atoms with van der Waals surface area (Å²) in [5.41, 5.74) is 10.4. The summed E-state index contributed by atoms with van der Waals surface area (Å²) < 4.78 is 5.66. The minimum Gasteiger partial charge on any atom is -0.381 e. The summed E-state index contributed by atoms with van der Waals surface area (Å²) in [6.07, 6.45) is 6.48. The van der Waals surface area contributed by atoms with E-state index in [0.29, 0.717) is 6.54 Å². The van der Waals surface area contributed by atoms with Gasteiger partial charge in [0.2, 0.25) is 0 Å². The van der Waals surface area contributed by atoms with Crippen molar-refractivity contribution in [2.45, 2.75) is 25.7 Å². The van der Waals surface area contributed by atoms with Gasteiger partial charge in [0.15, 0.2) is 0 Å². The number of ether oxygens (including phenoxy) is 1. The van der Waals surface area contributed by atoms with Crippen molar-refractivity contribution in [3.63, 3.8) is 0 Å². The first-order chi connectivity index (χ1) is 11.8. The summed E-state index contributed by atoms with van der Waals surface area (Å²) in [4.78, 5) is 0. The number of benzene rings is 2. The lowest BCUT2D eigenvalue weighted by molar-refractivity contribution is 0.154. The van der Waals surface area contributed by atoms with Crippen LogP contribution >= 0.6 is 0 Å². The first kappa shape index (κ1) is 16.9. The molecule has 1 fully saturated rings. The molecule has 1 aliphatic heterocycles. The van der Waals surface area contributed by atoms with Crippen LogP contribution in [0.5, 0.6) is 0 Å². The molecular weight excluding hydrogens is 294 g/mol. The standard InChI is InChI=1S/C22H27NO/c23-17-22(13-14-24-18-22)16-21(15-20-9-5-2-6-10-20)12-11-19-7-3-1-4-8-19/h1-10,12H,11,13-18,23H2. The SMILES string of the molecule is NCC1(CC(=CCc2ccccc2)Cc2ccccc2)CCOC1. The third-order valence-corrected chi connectivity index (χ3v) is 4.96. The topological polar surface area (TPSA) is 35.2 Å². The highest BCUT2D eigenvalue weighted by molar-refractivity contribution is 5.25. The van der Waals surface area contributed by atoms with Gasteiger partial charge in [0.25, 0.3) is 0 Å². The summed E-state index contributed by atoms with van der Waals surface area (Å²) in [7, 11) is 0. The van der Waals surface area contributed by atoms with Crippen molar-refractivity contribution < 1.29 is 4.74 Å². The van der Waals surface area contributed by atoms with E-state index < -0.39 is 0 Å². The first-order valence-electron chi connectivity index (χ1n) is 8.83. The minimum atomic E-state index is 0.122. The number of allylic oxidation sites excluding steroid dienone is 2. The van der Waals surface area contributed by atoms with Crippen LogP contribution in [-0.2, 0) is 17.6 Å². The van der Waals surface area contributed by atoms with Crippen LogP contribution in [0.2, 0.25) is 0 Å². The van der Waals surface area contributed by atoms with Gasteiger partial charge in [0.1, 0.15) is 0 Å². The third-order valence-electron chi connectivity index (χ3n) is 4.96. The van der Waals surface area contributed by atoms with Crippen molar-refractivity contribution in [3.8, 4) is 0 Å². The van der Waals surface area contributed by atoms with E-state index in [1.807, 2.05) is 0 Å². The fraction of sp³-hybridized carbons (Fsp3) is 0.364. The fourth-order valence-electron chi connectivity index (χ4n) is 3.44. The Morgan fingerprint density at radius 3 is 2.25 bits per heavy atom. The number of hydrogen-bond donors (Lipinski definition) is 1. The normalized spacial score (nSPS) is 21.1. The summed E-state index contributed by atoms with van der Waals surface area (Å²) in [6.45, 7) is 2.33. The van der Waals surface area contributed by atoms with Gasteiger partial charge in [-0.2, -0.15) is 0 Å². The van der Waals surface area contributed by atoms with Crippen LogP contribution < -0.4 is 5.73 Å².